The molecule has 0 spiro atoms. The van der Waals surface area contributed by atoms with Gasteiger partial charge in [0.2, 0.25) is 9.05 Å². The first kappa shape index (κ1) is 11.7. The number of fused-ring (bicyclic) bond motifs is 1. The minimum absolute atomic E-state index is 0.167. The largest absolute Gasteiger partial charge is 0.389 e. The summed E-state index contributed by atoms with van der Waals surface area (Å²) in [7, 11) is 1.72. The van der Waals surface area contributed by atoms with Gasteiger partial charge < -0.3 is 5.11 Å². The van der Waals surface area contributed by atoms with Gasteiger partial charge in [-0.05, 0) is 37.0 Å². The van der Waals surface area contributed by atoms with Gasteiger partial charge in [-0.15, -0.1) is 0 Å². The summed E-state index contributed by atoms with van der Waals surface area (Å²) >= 11 is 0. The van der Waals surface area contributed by atoms with Crippen LogP contribution < -0.4 is 0 Å². The molecule has 15 heavy (non-hydrogen) atoms. The normalized spacial score (nSPS) is 48.5. The van der Waals surface area contributed by atoms with Crippen molar-refractivity contribution in [2.45, 2.75) is 44.5 Å². The van der Waals surface area contributed by atoms with Gasteiger partial charge in [0.25, 0.3) is 0 Å². The van der Waals surface area contributed by atoms with Crippen LogP contribution in [0.2, 0.25) is 0 Å². The second-order valence-corrected chi connectivity index (χ2v) is 8.61. The Bertz CT molecular complexity index is 385. The summed E-state index contributed by atoms with van der Waals surface area (Å²) in [5.41, 5.74) is -1.00. The molecule has 0 saturated heterocycles. The van der Waals surface area contributed by atoms with Gasteiger partial charge in [0, 0.05) is 10.7 Å². The van der Waals surface area contributed by atoms with Crippen LogP contribution in [0.4, 0.5) is 0 Å². The molecule has 0 aromatic rings. The summed E-state index contributed by atoms with van der Waals surface area (Å²) in [5.74, 6) is 0.846. The van der Waals surface area contributed by atoms with Crippen LogP contribution >= 0.6 is 10.7 Å². The van der Waals surface area contributed by atoms with Crippen LogP contribution in [0, 0.1) is 17.3 Å². The Labute approximate surface area is 95.2 Å². The molecule has 0 bridgehead atoms. The second-order valence-electron chi connectivity index (χ2n) is 5.80. The van der Waals surface area contributed by atoms with E-state index in [4.69, 9.17) is 10.7 Å². The first-order valence-electron chi connectivity index (χ1n) is 5.22. The Kier molecular flexibility index (Phi) is 2.26. The molecule has 1 N–H and O–H groups in total. The molecule has 2 aliphatic carbocycles. The fourth-order valence-electron chi connectivity index (χ4n) is 3.21. The molecule has 5 heteroatoms. The summed E-state index contributed by atoms with van der Waals surface area (Å²) in [5, 5.41) is 9.33. The van der Waals surface area contributed by atoms with Gasteiger partial charge in [-0.1, -0.05) is 13.8 Å². The van der Waals surface area contributed by atoms with E-state index in [0.29, 0.717) is 24.7 Å². The first-order valence-corrected chi connectivity index (χ1v) is 7.60. The van der Waals surface area contributed by atoms with Crippen LogP contribution in [0.3, 0.4) is 0 Å². The lowest BCUT2D eigenvalue weighted by Crippen LogP contribution is -2.46. The molecule has 0 heterocycles. The maximum atomic E-state index is 11.4. The molecule has 4 atom stereocenters. The van der Waals surface area contributed by atoms with E-state index in [2.05, 4.69) is 13.8 Å². The predicted molar refractivity (Wildman–Crippen MR) is 59.2 cm³/mol. The van der Waals surface area contributed by atoms with Crippen LogP contribution in [-0.2, 0) is 9.05 Å². The molecular weight excluding hydrogens is 236 g/mol. The fraction of sp³-hybridized carbons (Fsp3) is 1.00. The highest BCUT2D eigenvalue weighted by Gasteiger charge is 2.65. The molecule has 0 unspecified atom stereocenters. The van der Waals surface area contributed by atoms with Crippen molar-refractivity contribution in [2.24, 2.45) is 17.3 Å². The van der Waals surface area contributed by atoms with Gasteiger partial charge >= 0.3 is 0 Å². The van der Waals surface area contributed by atoms with E-state index in [1.807, 2.05) is 0 Å². The number of halogens is 1. The van der Waals surface area contributed by atoms with Crippen LogP contribution in [-0.4, -0.2) is 24.4 Å². The molecule has 0 radical (unpaired) electrons. The van der Waals surface area contributed by atoms with Crippen molar-refractivity contribution in [3.8, 4) is 0 Å². The highest BCUT2D eigenvalue weighted by atomic mass is 35.7. The highest BCUT2D eigenvalue weighted by molar-refractivity contribution is 8.14. The highest BCUT2D eigenvalue weighted by Crippen LogP contribution is 2.67. The molecule has 2 rings (SSSR count). The molecule has 0 aliphatic heterocycles. The van der Waals surface area contributed by atoms with E-state index in [9.17, 15) is 13.5 Å². The van der Waals surface area contributed by atoms with E-state index in [0.717, 1.165) is 0 Å². The van der Waals surface area contributed by atoms with Crippen LogP contribution in [0.5, 0.6) is 0 Å². The minimum Gasteiger partial charge on any atom is -0.389 e. The quantitative estimate of drug-likeness (QED) is 0.724. The molecule has 2 aliphatic rings. The van der Waals surface area contributed by atoms with Gasteiger partial charge in [-0.25, -0.2) is 8.42 Å². The maximum Gasteiger partial charge on any atom is 0.238 e. The van der Waals surface area contributed by atoms with Crippen LogP contribution in [0.1, 0.15) is 33.6 Å². The molecule has 3 nitrogen and oxygen atoms in total. The monoisotopic (exact) mass is 252 g/mol. The average molecular weight is 253 g/mol. The van der Waals surface area contributed by atoms with E-state index in [1.54, 1.807) is 6.92 Å². The zero-order valence-corrected chi connectivity index (χ0v) is 10.8. The third-order valence-corrected chi connectivity index (χ3v) is 6.45. The standard InChI is InChI=1S/C10H17ClO3S/c1-9(2)6-4-8(15(11,13)14)10(3,12)5-7(6)9/h6-8,12H,4-5H2,1-3H3/t6-,7+,8+,10+/m1/s1. The lowest BCUT2D eigenvalue weighted by molar-refractivity contribution is 0.0223. The van der Waals surface area contributed by atoms with Gasteiger partial charge in [-0.3, -0.25) is 0 Å². The molecule has 0 aromatic heterocycles. The van der Waals surface area contributed by atoms with Crippen molar-refractivity contribution in [1.29, 1.82) is 0 Å². The first-order chi connectivity index (χ1) is 6.57. The van der Waals surface area contributed by atoms with Gasteiger partial charge in [-0.2, -0.15) is 0 Å². The van der Waals surface area contributed by atoms with Crippen molar-refractivity contribution < 1.29 is 13.5 Å². The fourth-order valence-corrected chi connectivity index (χ4v) is 5.14. The summed E-state index contributed by atoms with van der Waals surface area (Å²) in [6.07, 6.45) is 1.04. The van der Waals surface area contributed by atoms with Gasteiger partial charge in [0.1, 0.15) is 5.25 Å². The average Bonchev–Trinajstić information content (AvgIpc) is 2.47. The third-order valence-electron chi connectivity index (χ3n) is 4.42. The third kappa shape index (κ3) is 1.71. The SMILES string of the molecule is CC1(C)[C@@H]2C[C@H](S(=O)(=O)Cl)[C@@](C)(O)C[C@@H]21. The summed E-state index contributed by atoms with van der Waals surface area (Å²) in [4.78, 5) is 0. The Morgan fingerprint density at radius 2 is 1.80 bits per heavy atom. The minimum atomic E-state index is -3.67. The van der Waals surface area contributed by atoms with Crippen molar-refractivity contribution in [3.63, 3.8) is 0 Å². The van der Waals surface area contributed by atoms with Crippen LogP contribution in [0.15, 0.2) is 0 Å². The molecule has 88 valence electrons. The van der Waals surface area contributed by atoms with Crippen molar-refractivity contribution >= 4 is 19.7 Å². The number of hydrogen-bond donors (Lipinski definition) is 1. The maximum absolute atomic E-state index is 11.4. The Hall–Kier alpha value is 0.200. The topological polar surface area (TPSA) is 54.4 Å². The Balaban J connectivity index is 2.29. The lowest BCUT2D eigenvalue weighted by atomic mass is 9.86. The van der Waals surface area contributed by atoms with E-state index in [-0.39, 0.29) is 5.41 Å². The smallest absolute Gasteiger partial charge is 0.238 e. The van der Waals surface area contributed by atoms with E-state index < -0.39 is 19.9 Å². The summed E-state index contributed by atoms with van der Waals surface area (Å²) in [6.45, 7) is 5.84. The van der Waals surface area contributed by atoms with Crippen molar-refractivity contribution in [1.82, 2.24) is 0 Å². The number of rotatable bonds is 1. The Morgan fingerprint density at radius 1 is 1.27 bits per heavy atom. The summed E-state index contributed by atoms with van der Waals surface area (Å²) < 4.78 is 22.8. The van der Waals surface area contributed by atoms with E-state index >= 15 is 0 Å². The van der Waals surface area contributed by atoms with Crippen molar-refractivity contribution in [2.75, 3.05) is 0 Å². The lowest BCUT2D eigenvalue weighted by Gasteiger charge is -2.34. The molecule has 0 aromatic carbocycles. The van der Waals surface area contributed by atoms with Gasteiger partial charge in [0.15, 0.2) is 0 Å². The Morgan fingerprint density at radius 3 is 2.27 bits per heavy atom. The predicted octanol–water partition coefficient (Wildman–Crippen LogP) is 1.74. The zero-order valence-electron chi connectivity index (χ0n) is 9.20. The van der Waals surface area contributed by atoms with Gasteiger partial charge in [0.05, 0.1) is 5.60 Å². The van der Waals surface area contributed by atoms with E-state index in [1.165, 1.54) is 0 Å². The molecule has 0 amide bonds. The number of hydrogen-bond acceptors (Lipinski definition) is 3. The van der Waals surface area contributed by atoms with Crippen molar-refractivity contribution in [3.05, 3.63) is 0 Å². The molecule has 2 fully saturated rings. The van der Waals surface area contributed by atoms with Crippen LogP contribution in [0.25, 0.3) is 0 Å². The second kappa shape index (κ2) is 2.90. The summed E-state index contributed by atoms with van der Waals surface area (Å²) in [6, 6.07) is 0. The zero-order chi connectivity index (χ0) is 11.6. The molecule has 2 saturated carbocycles. The molecular formula is C10H17ClO3S. The number of aliphatic hydroxyl groups is 1.